The Morgan fingerprint density at radius 1 is 1.03 bits per heavy atom. The first-order valence-electron chi connectivity index (χ1n) is 10.2. The van der Waals surface area contributed by atoms with Crippen molar-refractivity contribution in [2.75, 3.05) is 53.6 Å². The first-order valence-corrected chi connectivity index (χ1v) is 10.2. The normalized spacial score (nSPS) is 15.9. The van der Waals surface area contributed by atoms with Crippen LogP contribution in [0.3, 0.4) is 0 Å². The minimum absolute atomic E-state index is 0.0540. The predicted molar refractivity (Wildman–Crippen MR) is 113 cm³/mol. The lowest BCUT2D eigenvalue weighted by Gasteiger charge is -2.27. The molecule has 1 unspecified atom stereocenters. The molecule has 2 N–H and O–H groups in total. The zero-order chi connectivity index (χ0) is 21.3. The molecular weight excluding hydrogens is 382 g/mol. The van der Waals surface area contributed by atoms with Crippen LogP contribution in [0.2, 0.25) is 0 Å². The molecule has 3 rings (SSSR count). The van der Waals surface area contributed by atoms with Crippen LogP contribution in [0.5, 0.6) is 5.75 Å². The third-order valence-corrected chi connectivity index (χ3v) is 5.17. The van der Waals surface area contributed by atoms with Crippen molar-refractivity contribution in [1.29, 1.82) is 0 Å². The van der Waals surface area contributed by atoms with E-state index in [2.05, 4.69) is 5.32 Å². The van der Waals surface area contributed by atoms with E-state index in [4.69, 9.17) is 9.47 Å². The number of amides is 2. The fourth-order valence-corrected chi connectivity index (χ4v) is 3.53. The van der Waals surface area contributed by atoms with Gasteiger partial charge in [-0.3, -0.25) is 9.59 Å². The summed E-state index contributed by atoms with van der Waals surface area (Å²) in [6, 6.07) is 17.3. The number of benzene rings is 2. The number of hydrogen-bond acceptors (Lipinski definition) is 4. The number of carbonyl (C=O) groups excluding carboxylic acids is 2. The highest BCUT2D eigenvalue weighted by Crippen LogP contribution is 2.24. The molecule has 0 saturated carbocycles. The molecule has 0 spiro atoms. The van der Waals surface area contributed by atoms with Crippen molar-refractivity contribution in [1.82, 2.24) is 10.2 Å². The molecule has 30 heavy (non-hydrogen) atoms. The number of quaternary nitrogens is 1. The Hall–Kier alpha value is -2.90. The minimum atomic E-state index is -0.271. The maximum absolute atomic E-state index is 12.8. The summed E-state index contributed by atoms with van der Waals surface area (Å²) in [7, 11) is 3.49. The first kappa shape index (κ1) is 21.8. The van der Waals surface area contributed by atoms with E-state index >= 15 is 0 Å². The highest BCUT2D eigenvalue weighted by molar-refractivity contribution is 5.79. The van der Waals surface area contributed by atoms with Crippen molar-refractivity contribution in [3.63, 3.8) is 0 Å². The zero-order valence-corrected chi connectivity index (χ0v) is 17.6. The monoisotopic (exact) mass is 412 g/mol. The van der Waals surface area contributed by atoms with Crippen LogP contribution in [0.1, 0.15) is 17.2 Å². The molecule has 7 heteroatoms. The van der Waals surface area contributed by atoms with Gasteiger partial charge in [-0.2, -0.15) is 0 Å². The average Bonchev–Trinajstić information content (AvgIpc) is 2.78. The second kappa shape index (κ2) is 10.8. The summed E-state index contributed by atoms with van der Waals surface area (Å²) in [5.74, 6) is 0.716. The fraction of sp³-hybridized carbons (Fsp3) is 0.391. The van der Waals surface area contributed by atoms with Gasteiger partial charge in [-0.25, -0.2) is 0 Å². The molecule has 1 aliphatic heterocycles. The summed E-state index contributed by atoms with van der Waals surface area (Å²) in [5, 5.41) is 3.13. The lowest BCUT2D eigenvalue weighted by Crippen LogP contribution is -3.11. The summed E-state index contributed by atoms with van der Waals surface area (Å²) >= 11 is 0. The van der Waals surface area contributed by atoms with E-state index in [9.17, 15) is 9.59 Å². The molecule has 0 aromatic heterocycles. The van der Waals surface area contributed by atoms with Gasteiger partial charge >= 0.3 is 0 Å². The fourth-order valence-electron chi connectivity index (χ4n) is 3.53. The van der Waals surface area contributed by atoms with Crippen LogP contribution in [0, 0.1) is 0 Å². The van der Waals surface area contributed by atoms with Crippen LogP contribution in [0.4, 0.5) is 0 Å². The lowest BCUT2D eigenvalue weighted by atomic mass is 9.98. The number of nitrogens with one attached hydrogen (secondary N) is 2. The Kier molecular flexibility index (Phi) is 7.82. The van der Waals surface area contributed by atoms with Crippen molar-refractivity contribution in [3.05, 3.63) is 65.7 Å². The van der Waals surface area contributed by atoms with E-state index < -0.39 is 0 Å². The predicted octanol–water partition coefficient (Wildman–Crippen LogP) is 0.274. The highest BCUT2D eigenvalue weighted by Gasteiger charge is 2.23. The number of rotatable bonds is 8. The third-order valence-electron chi connectivity index (χ3n) is 5.17. The standard InChI is InChI=1S/C23H29N3O4/c1-25(17-22(28)26-12-14-30-15-13-26)16-21(27)24-23(18-6-4-3-5-7-18)19-8-10-20(29-2)11-9-19/h3-11,23H,12-17H2,1-2H3,(H,24,27)/p+1/t23-/m0/s1. The molecule has 0 aliphatic carbocycles. The van der Waals surface area contributed by atoms with Crippen molar-refractivity contribution >= 4 is 11.8 Å². The average molecular weight is 413 g/mol. The Morgan fingerprint density at radius 3 is 2.30 bits per heavy atom. The van der Waals surface area contributed by atoms with E-state index in [0.29, 0.717) is 26.3 Å². The van der Waals surface area contributed by atoms with E-state index in [1.165, 1.54) is 0 Å². The Labute approximate surface area is 177 Å². The smallest absolute Gasteiger partial charge is 0.277 e. The molecular formula is C23H30N3O4+. The molecule has 0 bridgehead atoms. The van der Waals surface area contributed by atoms with Gasteiger partial charge < -0.3 is 24.6 Å². The molecule has 1 fully saturated rings. The lowest BCUT2D eigenvalue weighted by molar-refractivity contribution is -0.863. The molecule has 7 nitrogen and oxygen atoms in total. The number of hydrogen-bond donors (Lipinski definition) is 2. The Bertz CT molecular complexity index is 820. The third kappa shape index (κ3) is 6.05. The SMILES string of the molecule is COc1ccc([C@@H](NC(=O)C[NH+](C)CC(=O)N2CCOCC2)c2ccccc2)cc1. The van der Waals surface area contributed by atoms with Gasteiger partial charge in [-0.05, 0) is 23.3 Å². The van der Waals surface area contributed by atoms with Crippen LogP contribution in [0.25, 0.3) is 0 Å². The molecule has 160 valence electrons. The van der Waals surface area contributed by atoms with Gasteiger partial charge in [0.2, 0.25) is 0 Å². The van der Waals surface area contributed by atoms with E-state index in [1.807, 2.05) is 61.6 Å². The highest BCUT2D eigenvalue weighted by atomic mass is 16.5. The molecule has 2 aromatic carbocycles. The summed E-state index contributed by atoms with van der Waals surface area (Å²) in [6.45, 7) is 2.89. The van der Waals surface area contributed by atoms with Gasteiger partial charge in [0.25, 0.3) is 11.8 Å². The molecule has 2 aromatic rings. The van der Waals surface area contributed by atoms with Gasteiger partial charge in [-0.15, -0.1) is 0 Å². The topological polar surface area (TPSA) is 72.3 Å². The molecule has 1 saturated heterocycles. The molecule has 2 amide bonds. The number of morpholine rings is 1. The van der Waals surface area contributed by atoms with Gasteiger partial charge in [0.05, 0.1) is 33.4 Å². The van der Waals surface area contributed by atoms with Crippen LogP contribution in [-0.2, 0) is 14.3 Å². The van der Waals surface area contributed by atoms with Gasteiger partial charge in [-0.1, -0.05) is 42.5 Å². The molecule has 2 atom stereocenters. The minimum Gasteiger partial charge on any atom is -0.497 e. The molecule has 1 heterocycles. The number of methoxy groups -OCH3 is 1. The van der Waals surface area contributed by atoms with Crippen LogP contribution >= 0.6 is 0 Å². The number of nitrogens with zero attached hydrogens (tertiary/aromatic N) is 1. The second-order valence-electron chi connectivity index (χ2n) is 7.49. The van der Waals surface area contributed by atoms with Crippen LogP contribution < -0.4 is 15.0 Å². The van der Waals surface area contributed by atoms with Crippen LogP contribution in [0.15, 0.2) is 54.6 Å². The quantitative estimate of drug-likeness (QED) is 0.653. The van der Waals surface area contributed by atoms with Crippen molar-refractivity contribution in [2.45, 2.75) is 6.04 Å². The molecule has 0 radical (unpaired) electrons. The summed E-state index contributed by atoms with van der Waals surface area (Å²) in [6.07, 6.45) is 0. The van der Waals surface area contributed by atoms with Crippen molar-refractivity contribution in [2.24, 2.45) is 0 Å². The van der Waals surface area contributed by atoms with Crippen molar-refractivity contribution in [3.8, 4) is 5.75 Å². The Balaban J connectivity index is 1.63. The zero-order valence-electron chi connectivity index (χ0n) is 17.6. The van der Waals surface area contributed by atoms with Crippen molar-refractivity contribution < 1.29 is 24.0 Å². The summed E-state index contributed by atoms with van der Waals surface area (Å²) < 4.78 is 10.5. The number of likely N-dealkylation sites (N-methyl/N-ethyl adjacent to an activating group) is 1. The van der Waals surface area contributed by atoms with Crippen LogP contribution in [-0.4, -0.2) is 70.3 Å². The van der Waals surface area contributed by atoms with E-state index in [0.717, 1.165) is 21.8 Å². The maximum Gasteiger partial charge on any atom is 0.277 e. The molecule has 1 aliphatic rings. The largest absolute Gasteiger partial charge is 0.497 e. The second-order valence-corrected chi connectivity index (χ2v) is 7.49. The van der Waals surface area contributed by atoms with Gasteiger partial charge in [0, 0.05) is 13.1 Å². The number of carbonyl (C=O) groups is 2. The van der Waals surface area contributed by atoms with Gasteiger partial charge in [0.15, 0.2) is 13.1 Å². The summed E-state index contributed by atoms with van der Waals surface area (Å²) in [5.41, 5.74) is 1.97. The maximum atomic E-state index is 12.8. The van der Waals surface area contributed by atoms with E-state index in [-0.39, 0.29) is 30.9 Å². The van der Waals surface area contributed by atoms with E-state index in [1.54, 1.807) is 12.0 Å². The summed E-state index contributed by atoms with van der Waals surface area (Å²) in [4.78, 5) is 27.9. The Morgan fingerprint density at radius 2 is 1.67 bits per heavy atom. The first-order chi connectivity index (χ1) is 14.6. The van der Waals surface area contributed by atoms with Gasteiger partial charge in [0.1, 0.15) is 5.75 Å². The number of ether oxygens (including phenoxy) is 2.